The van der Waals surface area contributed by atoms with Crippen molar-refractivity contribution >= 4 is 17.6 Å². The first kappa shape index (κ1) is 15.2. The highest BCUT2D eigenvalue weighted by molar-refractivity contribution is 6.10. The number of fused-ring (bicyclic) bond motifs is 2. The van der Waals surface area contributed by atoms with Gasteiger partial charge in [0.05, 0.1) is 0 Å². The largest absolute Gasteiger partial charge is 0.298 e. The Hall–Kier alpha value is -1.70. The van der Waals surface area contributed by atoms with Crippen LogP contribution >= 0.6 is 0 Å². The molecule has 0 heterocycles. The molecule has 2 aliphatic carbocycles. The Balaban J connectivity index is 2.14. The molecule has 1 aromatic rings. The Bertz CT molecular complexity index is 663. The van der Waals surface area contributed by atoms with Crippen molar-refractivity contribution in [3.8, 4) is 0 Å². The number of allylic oxidation sites excluding steroid dienone is 2. The molecule has 0 amide bonds. The summed E-state index contributed by atoms with van der Waals surface area (Å²) in [5.41, 5.74) is 3.82. The first-order chi connectivity index (χ1) is 10.4. The van der Waals surface area contributed by atoms with Gasteiger partial charge in [0.15, 0.2) is 5.78 Å². The van der Waals surface area contributed by atoms with Gasteiger partial charge in [0, 0.05) is 16.6 Å². The van der Waals surface area contributed by atoms with E-state index in [0.717, 1.165) is 36.7 Å². The van der Waals surface area contributed by atoms with Crippen molar-refractivity contribution < 1.29 is 9.59 Å². The van der Waals surface area contributed by atoms with Crippen molar-refractivity contribution in [2.75, 3.05) is 0 Å². The Morgan fingerprint density at radius 2 is 1.86 bits per heavy atom. The molecule has 0 aromatic heterocycles. The minimum Gasteiger partial charge on any atom is -0.298 e. The maximum absolute atomic E-state index is 13.1. The van der Waals surface area contributed by atoms with E-state index >= 15 is 0 Å². The summed E-state index contributed by atoms with van der Waals surface area (Å²) in [6.07, 6.45) is 3.83. The smallest absolute Gasteiger partial charge is 0.165 e. The highest BCUT2D eigenvalue weighted by atomic mass is 16.1. The average molecular weight is 296 g/mol. The van der Waals surface area contributed by atoms with Gasteiger partial charge in [-0.25, -0.2) is 0 Å². The number of hydrogen-bond donors (Lipinski definition) is 0. The molecule has 2 aliphatic rings. The molecule has 0 aliphatic heterocycles. The molecular formula is C20H24O2. The van der Waals surface area contributed by atoms with Crippen LogP contribution in [0.2, 0.25) is 0 Å². The van der Waals surface area contributed by atoms with Crippen LogP contribution in [0, 0.1) is 16.7 Å². The number of aldehydes is 1. The van der Waals surface area contributed by atoms with Crippen LogP contribution < -0.4 is 0 Å². The second-order valence-electron chi connectivity index (χ2n) is 7.46. The van der Waals surface area contributed by atoms with Crippen LogP contribution in [0.3, 0.4) is 0 Å². The Morgan fingerprint density at radius 1 is 1.23 bits per heavy atom. The van der Waals surface area contributed by atoms with Gasteiger partial charge in [-0.15, -0.1) is 0 Å². The lowest BCUT2D eigenvalue weighted by Gasteiger charge is -2.31. The molecule has 2 bridgehead atoms. The Morgan fingerprint density at radius 3 is 2.32 bits per heavy atom. The molecule has 3 rings (SSSR count). The van der Waals surface area contributed by atoms with Crippen molar-refractivity contribution in [1.29, 1.82) is 0 Å². The zero-order valence-corrected chi connectivity index (χ0v) is 13.9. The van der Waals surface area contributed by atoms with Crippen molar-refractivity contribution in [1.82, 2.24) is 0 Å². The minimum absolute atomic E-state index is 0.0442. The number of benzene rings is 1. The van der Waals surface area contributed by atoms with Gasteiger partial charge in [0.25, 0.3) is 0 Å². The lowest BCUT2D eigenvalue weighted by molar-refractivity contribution is -0.125. The third-order valence-corrected chi connectivity index (χ3v) is 6.39. The first-order valence-corrected chi connectivity index (χ1v) is 8.20. The summed E-state index contributed by atoms with van der Waals surface area (Å²) in [5.74, 6) is 0.718. The summed E-state index contributed by atoms with van der Waals surface area (Å²) in [6.45, 7) is 8.76. The lowest BCUT2D eigenvalue weighted by atomic mass is 9.70. The highest BCUT2D eigenvalue weighted by Gasteiger charge is 2.64. The normalized spacial score (nSPS) is 31.5. The maximum atomic E-state index is 13.1. The summed E-state index contributed by atoms with van der Waals surface area (Å²) in [4.78, 5) is 23.9. The molecule has 22 heavy (non-hydrogen) atoms. The summed E-state index contributed by atoms with van der Waals surface area (Å²) >= 11 is 0. The van der Waals surface area contributed by atoms with E-state index in [-0.39, 0.29) is 10.8 Å². The predicted molar refractivity (Wildman–Crippen MR) is 88.7 cm³/mol. The molecule has 0 saturated heterocycles. The van der Waals surface area contributed by atoms with E-state index in [0.29, 0.717) is 17.3 Å². The zero-order chi connectivity index (χ0) is 16.1. The van der Waals surface area contributed by atoms with E-state index in [1.54, 1.807) is 0 Å². The summed E-state index contributed by atoms with van der Waals surface area (Å²) in [5, 5.41) is 0. The number of rotatable bonds is 3. The lowest BCUT2D eigenvalue weighted by Crippen LogP contribution is -2.32. The van der Waals surface area contributed by atoms with Gasteiger partial charge in [-0.3, -0.25) is 9.59 Å². The van der Waals surface area contributed by atoms with Gasteiger partial charge >= 0.3 is 0 Å². The number of carbonyl (C=O) groups excluding carboxylic acids is 2. The van der Waals surface area contributed by atoms with Crippen LogP contribution in [0.5, 0.6) is 0 Å². The second-order valence-corrected chi connectivity index (χ2v) is 7.46. The van der Waals surface area contributed by atoms with Crippen molar-refractivity contribution in [2.24, 2.45) is 16.7 Å². The number of carbonyl (C=O) groups is 2. The van der Waals surface area contributed by atoms with E-state index in [2.05, 4.69) is 27.7 Å². The maximum Gasteiger partial charge on any atom is 0.165 e. The molecule has 2 unspecified atom stereocenters. The van der Waals surface area contributed by atoms with Gasteiger partial charge in [0.1, 0.15) is 6.29 Å². The number of Topliss-reactive ketones (excluding diaryl/α,β-unsaturated/α-hetero) is 1. The van der Waals surface area contributed by atoms with Crippen LogP contribution in [0.25, 0.3) is 5.57 Å². The molecule has 0 spiro atoms. The van der Waals surface area contributed by atoms with E-state index in [9.17, 15) is 9.59 Å². The van der Waals surface area contributed by atoms with E-state index in [1.165, 1.54) is 5.57 Å². The second kappa shape index (κ2) is 4.91. The molecule has 2 fully saturated rings. The quantitative estimate of drug-likeness (QED) is 0.599. The van der Waals surface area contributed by atoms with Crippen molar-refractivity contribution in [3.05, 3.63) is 41.0 Å². The third-order valence-electron chi connectivity index (χ3n) is 6.39. The topological polar surface area (TPSA) is 34.1 Å². The van der Waals surface area contributed by atoms with Crippen molar-refractivity contribution in [2.45, 2.75) is 47.0 Å². The number of hydrogen-bond acceptors (Lipinski definition) is 2. The summed E-state index contributed by atoms with van der Waals surface area (Å²) < 4.78 is 0. The van der Waals surface area contributed by atoms with Gasteiger partial charge in [-0.2, -0.15) is 0 Å². The van der Waals surface area contributed by atoms with Crippen LogP contribution in [-0.4, -0.2) is 12.1 Å². The average Bonchev–Trinajstić information content (AvgIpc) is 2.82. The van der Waals surface area contributed by atoms with Crippen molar-refractivity contribution in [3.63, 3.8) is 0 Å². The minimum atomic E-state index is -0.212. The van der Waals surface area contributed by atoms with Gasteiger partial charge < -0.3 is 0 Å². The predicted octanol–water partition coefficient (Wildman–Crippen LogP) is 4.69. The standard InChI is InChI=1S/C20H24O2/c1-5-15(14-8-6-13(12-21)7-9-14)17-16-10-11-20(4,18(17)22)19(16,2)3/h6-9,12,16H,5,10-11H2,1-4H3. The molecule has 0 N–H and O–H groups in total. The molecule has 2 saturated carbocycles. The van der Waals surface area contributed by atoms with E-state index in [1.807, 2.05) is 24.3 Å². The fourth-order valence-electron chi connectivity index (χ4n) is 4.53. The molecule has 2 nitrogen and oxygen atoms in total. The Kier molecular flexibility index (Phi) is 3.39. The molecule has 2 heteroatoms. The molecule has 0 radical (unpaired) electrons. The van der Waals surface area contributed by atoms with Gasteiger partial charge in [-0.1, -0.05) is 52.0 Å². The molecular weight excluding hydrogens is 272 g/mol. The highest BCUT2D eigenvalue weighted by Crippen LogP contribution is 2.66. The van der Waals surface area contributed by atoms with Crippen LogP contribution in [-0.2, 0) is 4.79 Å². The van der Waals surface area contributed by atoms with Gasteiger partial charge in [-0.05, 0) is 41.7 Å². The SMILES string of the molecule is CCC(=C1C(=O)C2(C)CCC1C2(C)C)c1ccc(C=O)cc1. The molecule has 2 atom stereocenters. The zero-order valence-electron chi connectivity index (χ0n) is 13.9. The van der Waals surface area contributed by atoms with E-state index in [4.69, 9.17) is 0 Å². The fourth-order valence-corrected chi connectivity index (χ4v) is 4.53. The van der Waals surface area contributed by atoms with Crippen LogP contribution in [0.1, 0.15) is 62.9 Å². The summed E-state index contributed by atoms with van der Waals surface area (Å²) in [6, 6.07) is 7.63. The third kappa shape index (κ3) is 1.79. The van der Waals surface area contributed by atoms with Crippen LogP contribution in [0.15, 0.2) is 29.8 Å². The number of ketones is 1. The van der Waals surface area contributed by atoms with Gasteiger partial charge in [0.2, 0.25) is 0 Å². The molecule has 1 aromatic carbocycles. The molecule has 116 valence electrons. The Labute approximate surface area is 132 Å². The monoisotopic (exact) mass is 296 g/mol. The fraction of sp³-hybridized carbons (Fsp3) is 0.500. The summed E-state index contributed by atoms with van der Waals surface area (Å²) in [7, 11) is 0. The first-order valence-electron chi connectivity index (χ1n) is 8.20. The van der Waals surface area contributed by atoms with Crippen LogP contribution in [0.4, 0.5) is 0 Å². The van der Waals surface area contributed by atoms with E-state index < -0.39 is 0 Å².